The van der Waals surface area contributed by atoms with Gasteiger partial charge in [0.15, 0.2) is 0 Å². The van der Waals surface area contributed by atoms with Crippen molar-refractivity contribution < 1.29 is 44.0 Å². The fourth-order valence-electron chi connectivity index (χ4n) is 2.89. The van der Waals surface area contributed by atoms with Crippen LogP contribution in [0.25, 0.3) is 0 Å². The molecule has 0 saturated heterocycles. The maximum atomic E-state index is 10.9. The predicted octanol–water partition coefficient (Wildman–Crippen LogP) is 2.31. The van der Waals surface area contributed by atoms with Crippen LogP contribution in [0.4, 0.5) is 0 Å². The van der Waals surface area contributed by atoms with Crippen molar-refractivity contribution in [3.05, 3.63) is 35.9 Å². The molecule has 23 heavy (non-hydrogen) atoms. The van der Waals surface area contributed by atoms with Gasteiger partial charge in [-0.25, -0.2) is 0 Å². The van der Waals surface area contributed by atoms with E-state index in [0.29, 0.717) is 12.3 Å². The molecule has 1 N–H and O–H groups in total. The van der Waals surface area contributed by atoms with Gasteiger partial charge in [-0.1, -0.05) is 75.8 Å². The van der Waals surface area contributed by atoms with Crippen LogP contribution in [-0.4, -0.2) is 18.7 Å². The normalized spacial score (nSPS) is 12.6. The van der Waals surface area contributed by atoms with E-state index < -0.39 is 10.1 Å². The number of rotatable bonds is 12. The Balaban J connectivity index is 0. The molecule has 1 rings (SSSR count). The molecular formula is C18H31NaO3S. The molecule has 5 heteroatoms. The summed E-state index contributed by atoms with van der Waals surface area (Å²) in [6.45, 7) is 2.22. The molecule has 0 fully saturated rings. The van der Waals surface area contributed by atoms with Gasteiger partial charge in [0.1, 0.15) is 0 Å². The zero-order valence-corrected chi connectivity index (χ0v) is 17.5. The van der Waals surface area contributed by atoms with Gasteiger partial charge in [0.25, 0.3) is 10.1 Å². The van der Waals surface area contributed by atoms with Gasteiger partial charge < -0.3 is 1.43 Å². The minimum atomic E-state index is -3.84. The molecule has 0 saturated carbocycles. The molecule has 0 bridgehead atoms. The second-order valence-corrected chi connectivity index (χ2v) is 7.66. The van der Waals surface area contributed by atoms with Crippen LogP contribution in [0.2, 0.25) is 0 Å². The topological polar surface area (TPSA) is 54.4 Å². The molecule has 1 unspecified atom stereocenters. The first-order chi connectivity index (χ1) is 10.5. The molecule has 0 radical (unpaired) electrons. The Morgan fingerprint density at radius 3 is 2.13 bits per heavy atom. The van der Waals surface area contributed by atoms with Crippen molar-refractivity contribution in [3.8, 4) is 0 Å². The summed E-state index contributed by atoms with van der Waals surface area (Å²) in [6, 6.07) is 10.3. The molecule has 1 aromatic rings. The van der Waals surface area contributed by atoms with Crippen molar-refractivity contribution >= 4 is 10.1 Å². The number of unbranched alkanes of at least 4 members (excludes halogenated alkanes) is 5. The zero-order chi connectivity index (χ0) is 16.3. The maximum Gasteiger partial charge on any atom is 1.00 e. The summed E-state index contributed by atoms with van der Waals surface area (Å²) in [5, 5.41) is 0. The van der Waals surface area contributed by atoms with Crippen LogP contribution in [0.1, 0.15) is 77.6 Å². The summed E-state index contributed by atoms with van der Waals surface area (Å²) in [6.07, 6.45) is 10.1. The molecule has 128 valence electrons. The summed E-state index contributed by atoms with van der Waals surface area (Å²) in [7, 11) is -3.84. The molecule has 0 aliphatic carbocycles. The molecule has 0 aromatic heterocycles. The third-order valence-corrected chi connectivity index (χ3v) is 4.94. The molecule has 1 atom stereocenters. The summed E-state index contributed by atoms with van der Waals surface area (Å²) >= 11 is 0. The van der Waals surface area contributed by atoms with Crippen LogP contribution in [0, 0.1) is 0 Å². The summed E-state index contributed by atoms with van der Waals surface area (Å²) in [5.74, 6) is 0.265. The molecule has 3 nitrogen and oxygen atoms in total. The first kappa shape index (κ1) is 23.1. The van der Waals surface area contributed by atoms with Gasteiger partial charge in [-0.05, 0) is 30.7 Å². The van der Waals surface area contributed by atoms with E-state index in [2.05, 4.69) is 19.1 Å². The maximum absolute atomic E-state index is 10.9. The van der Waals surface area contributed by atoms with Crippen molar-refractivity contribution in [1.82, 2.24) is 0 Å². The second-order valence-electron chi connectivity index (χ2n) is 6.09. The van der Waals surface area contributed by atoms with E-state index in [0.717, 1.165) is 12.8 Å². The van der Waals surface area contributed by atoms with E-state index in [4.69, 9.17) is 4.55 Å². The minimum absolute atomic E-state index is 0. The van der Waals surface area contributed by atoms with Crippen LogP contribution in [-0.2, 0) is 10.1 Å². The van der Waals surface area contributed by atoms with E-state index in [1.165, 1.54) is 44.1 Å². The smallest absolute Gasteiger partial charge is 1.00 e. The van der Waals surface area contributed by atoms with Gasteiger partial charge in [-0.15, -0.1) is 0 Å². The average Bonchev–Trinajstić information content (AvgIpc) is 2.48. The molecule has 1 aromatic carbocycles. The average molecular weight is 350 g/mol. The largest absolute Gasteiger partial charge is 1.00 e. The van der Waals surface area contributed by atoms with Crippen molar-refractivity contribution in [2.45, 2.75) is 70.6 Å². The Labute approximate surface area is 165 Å². The van der Waals surface area contributed by atoms with Crippen LogP contribution >= 0.6 is 0 Å². The van der Waals surface area contributed by atoms with Crippen LogP contribution in [0.3, 0.4) is 0 Å². The monoisotopic (exact) mass is 350 g/mol. The van der Waals surface area contributed by atoms with Crippen molar-refractivity contribution in [3.63, 3.8) is 0 Å². The van der Waals surface area contributed by atoms with E-state index in [9.17, 15) is 8.42 Å². The first-order valence-corrected chi connectivity index (χ1v) is 10.1. The molecule has 0 amide bonds. The van der Waals surface area contributed by atoms with Crippen LogP contribution in [0.5, 0.6) is 0 Å². The zero-order valence-electron chi connectivity index (χ0n) is 15.7. The molecule has 0 heterocycles. The number of benzene rings is 1. The second kappa shape index (κ2) is 13.4. The van der Waals surface area contributed by atoms with Crippen LogP contribution in [0.15, 0.2) is 30.3 Å². The Kier molecular flexibility index (Phi) is 13.5. The van der Waals surface area contributed by atoms with Gasteiger partial charge in [0, 0.05) is 0 Å². The van der Waals surface area contributed by atoms with Crippen molar-refractivity contribution in [1.29, 1.82) is 0 Å². The predicted molar refractivity (Wildman–Crippen MR) is 93.9 cm³/mol. The summed E-state index contributed by atoms with van der Waals surface area (Å²) in [5.41, 5.74) is 1.28. The number of hydrogen-bond donors (Lipinski definition) is 1. The van der Waals surface area contributed by atoms with Crippen molar-refractivity contribution in [2.75, 3.05) is 5.75 Å². The van der Waals surface area contributed by atoms with E-state index in [1.807, 2.05) is 18.2 Å². The molecule has 0 aliphatic heterocycles. The minimum Gasteiger partial charge on any atom is -1.00 e. The Morgan fingerprint density at radius 2 is 1.52 bits per heavy atom. The summed E-state index contributed by atoms with van der Waals surface area (Å²) < 4.78 is 30.6. The van der Waals surface area contributed by atoms with Gasteiger partial charge in [0.2, 0.25) is 0 Å². The van der Waals surface area contributed by atoms with Crippen LogP contribution < -0.4 is 29.6 Å². The van der Waals surface area contributed by atoms with Crippen molar-refractivity contribution in [2.24, 2.45) is 0 Å². The quantitative estimate of drug-likeness (QED) is 0.357. The fourth-order valence-corrected chi connectivity index (χ4v) is 3.42. The Bertz CT molecular complexity index is 494. The third-order valence-electron chi connectivity index (χ3n) is 4.13. The summed E-state index contributed by atoms with van der Waals surface area (Å²) in [4.78, 5) is 0. The SMILES string of the molecule is CCCCCCCCC(CCCS(=O)(=O)O)c1ccccc1.[H-].[Na+]. The standard InChI is InChI=1S/C18H30O3S.Na.H/c1-2-3-4-5-6-8-12-18(15-11-16-22(19,20)21)17-13-9-7-10-14-17;;/h7,9-10,13-14,18H,2-6,8,11-12,15-16H2,1H3,(H,19,20,21);;/q;+1;-1. The van der Waals surface area contributed by atoms with Gasteiger partial charge in [0.05, 0.1) is 5.75 Å². The molecule has 0 aliphatic rings. The van der Waals surface area contributed by atoms with Gasteiger partial charge in [-0.2, -0.15) is 8.42 Å². The van der Waals surface area contributed by atoms with Gasteiger partial charge >= 0.3 is 29.6 Å². The first-order valence-electron chi connectivity index (χ1n) is 8.53. The Hall–Kier alpha value is 0.130. The molecule has 0 spiro atoms. The van der Waals surface area contributed by atoms with E-state index in [1.54, 1.807) is 0 Å². The Morgan fingerprint density at radius 1 is 0.957 bits per heavy atom. The third kappa shape index (κ3) is 12.2. The van der Waals surface area contributed by atoms with E-state index >= 15 is 0 Å². The van der Waals surface area contributed by atoms with Gasteiger partial charge in [-0.3, -0.25) is 4.55 Å². The van der Waals surface area contributed by atoms with E-state index in [-0.39, 0.29) is 36.7 Å². The number of hydrogen-bond acceptors (Lipinski definition) is 2. The fraction of sp³-hybridized carbons (Fsp3) is 0.667. The molecular weight excluding hydrogens is 319 g/mol.